The van der Waals surface area contributed by atoms with Gasteiger partial charge in [0, 0.05) is 31.9 Å². The number of nitrogens with zero attached hydrogens (tertiary/aromatic N) is 1. The predicted molar refractivity (Wildman–Crippen MR) is 144 cm³/mol. The van der Waals surface area contributed by atoms with Crippen molar-refractivity contribution in [2.45, 2.75) is 19.5 Å². The minimum absolute atomic E-state index is 0.142. The highest BCUT2D eigenvalue weighted by molar-refractivity contribution is 5.93. The van der Waals surface area contributed by atoms with Gasteiger partial charge in [-0.15, -0.1) is 0 Å². The second-order valence-corrected chi connectivity index (χ2v) is 9.85. The van der Waals surface area contributed by atoms with Crippen LogP contribution in [0.15, 0.2) is 91.0 Å². The average Bonchev–Trinajstić information content (AvgIpc) is 2.93. The molecule has 1 saturated heterocycles. The zero-order chi connectivity index (χ0) is 26.5. The number of carbonyl (C=O) groups is 2. The average molecular weight is 514 g/mol. The highest BCUT2D eigenvalue weighted by atomic mass is 19.1. The fourth-order valence-electron chi connectivity index (χ4n) is 5.01. The molecule has 2 atom stereocenters. The Morgan fingerprint density at radius 1 is 0.737 bits per heavy atom. The third kappa shape index (κ3) is 6.42. The normalized spacial score (nSPS) is 17.7. The Bertz CT molecular complexity index is 1420. The summed E-state index contributed by atoms with van der Waals surface area (Å²) in [6, 6.07) is 26.1. The lowest BCUT2D eigenvalue weighted by Crippen LogP contribution is -2.48. The van der Waals surface area contributed by atoms with Crippen molar-refractivity contribution in [2.24, 2.45) is 11.8 Å². The van der Waals surface area contributed by atoms with Gasteiger partial charge in [0.15, 0.2) is 0 Å². The van der Waals surface area contributed by atoms with E-state index < -0.39 is 11.8 Å². The molecule has 1 heterocycles. The molecule has 38 heavy (non-hydrogen) atoms. The standard InChI is InChI=1S/C31H29F2N3O2/c32-27-9-6-21(7-10-27)17-34-30(37)25-16-26(31(38)35-29-13-11-28(33)12-14-29)20-36(19-25)18-22-5-8-23-3-1-2-4-24(23)15-22/h1-15,25-26H,16-20H2,(H,34,37)(H,35,38)/t25-,26+/m0/s1. The molecule has 4 aromatic carbocycles. The summed E-state index contributed by atoms with van der Waals surface area (Å²) < 4.78 is 26.5. The molecule has 194 valence electrons. The summed E-state index contributed by atoms with van der Waals surface area (Å²) in [7, 11) is 0. The molecule has 5 rings (SSSR count). The van der Waals surface area contributed by atoms with Gasteiger partial charge in [-0.3, -0.25) is 14.5 Å². The van der Waals surface area contributed by atoms with Crippen LogP contribution in [0.2, 0.25) is 0 Å². The molecule has 2 amide bonds. The molecule has 5 nitrogen and oxygen atoms in total. The maximum atomic E-state index is 13.3. The molecular weight excluding hydrogens is 484 g/mol. The Hall–Kier alpha value is -4.10. The lowest BCUT2D eigenvalue weighted by Gasteiger charge is -2.36. The lowest BCUT2D eigenvalue weighted by molar-refractivity contribution is -0.130. The van der Waals surface area contributed by atoms with Crippen molar-refractivity contribution in [3.8, 4) is 0 Å². The monoisotopic (exact) mass is 513 g/mol. The number of nitrogens with one attached hydrogen (secondary N) is 2. The van der Waals surface area contributed by atoms with E-state index in [0.717, 1.165) is 21.9 Å². The molecule has 0 bridgehead atoms. The molecule has 1 aliphatic rings. The number of hydrogen-bond acceptors (Lipinski definition) is 3. The molecule has 0 saturated carbocycles. The van der Waals surface area contributed by atoms with Gasteiger partial charge in [-0.2, -0.15) is 0 Å². The summed E-state index contributed by atoms with van der Waals surface area (Å²) in [6.07, 6.45) is 0.399. The van der Waals surface area contributed by atoms with Gasteiger partial charge in [-0.25, -0.2) is 8.78 Å². The van der Waals surface area contributed by atoms with E-state index in [1.807, 2.05) is 12.1 Å². The Morgan fingerprint density at radius 2 is 1.34 bits per heavy atom. The number of benzene rings is 4. The summed E-state index contributed by atoms with van der Waals surface area (Å²) >= 11 is 0. The Labute approximate surface area is 220 Å². The Balaban J connectivity index is 1.31. The van der Waals surface area contributed by atoms with Gasteiger partial charge < -0.3 is 10.6 Å². The van der Waals surface area contributed by atoms with Gasteiger partial charge in [0.1, 0.15) is 11.6 Å². The molecule has 2 N–H and O–H groups in total. The van der Waals surface area contributed by atoms with Crippen LogP contribution in [0.4, 0.5) is 14.5 Å². The number of anilines is 1. The van der Waals surface area contributed by atoms with Crippen LogP contribution in [-0.2, 0) is 22.7 Å². The third-order valence-corrected chi connectivity index (χ3v) is 6.98. The largest absolute Gasteiger partial charge is 0.352 e. The molecule has 0 aromatic heterocycles. The van der Waals surface area contributed by atoms with E-state index in [2.05, 4.69) is 45.9 Å². The van der Waals surface area contributed by atoms with Crippen LogP contribution in [0, 0.1) is 23.5 Å². The summed E-state index contributed by atoms with van der Waals surface area (Å²) in [5.41, 5.74) is 2.42. The van der Waals surface area contributed by atoms with Crippen molar-refractivity contribution in [1.82, 2.24) is 10.2 Å². The molecular formula is C31H29F2N3O2. The number of piperidine rings is 1. The van der Waals surface area contributed by atoms with Crippen LogP contribution >= 0.6 is 0 Å². The molecule has 7 heteroatoms. The zero-order valence-electron chi connectivity index (χ0n) is 20.9. The van der Waals surface area contributed by atoms with Crippen molar-refractivity contribution >= 4 is 28.3 Å². The summed E-state index contributed by atoms with van der Waals surface area (Å²) in [5, 5.41) is 8.12. The van der Waals surface area contributed by atoms with Crippen LogP contribution < -0.4 is 10.6 Å². The molecule has 4 aromatic rings. The first-order valence-electron chi connectivity index (χ1n) is 12.7. The smallest absolute Gasteiger partial charge is 0.228 e. The summed E-state index contributed by atoms with van der Waals surface area (Å²) in [4.78, 5) is 28.5. The van der Waals surface area contributed by atoms with Crippen molar-refractivity contribution < 1.29 is 18.4 Å². The minimum Gasteiger partial charge on any atom is -0.352 e. The second kappa shape index (κ2) is 11.5. The quantitative estimate of drug-likeness (QED) is 0.343. The second-order valence-electron chi connectivity index (χ2n) is 9.85. The van der Waals surface area contributed by atoms with Crippen molar-refractivity contribution in [2.75, 3.05) is 18.4 Å². The lowest BCUT2D eigenvalue weighted by atomic mass is 9.87. The SMILES string of the molecule is O=C(NCc1ccc(F)cc1)[C@H]1C[C@@H](C(=O)Nc2ccc(F)cc2)CN(Cc2ccc3ccccc3c2)C1. The van der Waals surface area contributed by atoms with Gasteiger partial charge in [0.25, 0.3) is 0 Å². The first-order chi connectivity index (χ1) is 18.4. The van der Waals surface area contributed by atoms with Crippen LogP contribution in [0.25, 0.3) is 10.8 Å². The predicted octanol–water partition coefficient (Wildman–Crippen LogP) is 5.51. The van der Waals surface area contributed by atoms with Crippen molar-refractivity contribution in [3.63, 3.8) is 0 Å². The number of fused-ring (bicyclic) bond motifs is 1. The molecule has 0 unspecified atom stereocenters. The molecule has 0 aliphatic carbocycles. The van der Waals surface area contributed by atoms with E-state index in [9.17, 15) is 18.4 Å². The third-order valence-electron chi connectivity index (χ3n) is 6.98. The van der Waals surface area contributed by atoms with Crippen LogP contribution in [0.1, 0.15) is 17.5 Å². The first kappa shape index (κ1) is 25.5. The van der Waals surface area contributed by atoms with E-state index in [1.165, 1.54) is 36.4 Å². The molecule has 0 radical (unpaired) electrons. The number of likely N-dealkylation sites (tertiary alicyclic amines) is 1. The number of carbonyl (C=O) groups excluding carboxylic acids is 2. The van der Waals surface area contributed by atoms with Crippen molar-refractivity contribution in [3.05, 3.63) is 114 Å². The van der Waals surface area contributed by atoms with E-state index in [4.69, 9.17) is 0 Å². The van der Waals surface area contributed by atoms with Gasteiger partial charge in [-0.05, 0) is 70.8 Å². The number of rotatable bonds is 7. The highest BCUT2D eigenvalue weighted by Crippen LogP contribution is 2.26. The van der Waals surface area contributed by atoms with E-state index >= 15 is 0 Å². The van der Waals surface area contributed by atoms with E-state index in [-0.39, 0.29) is 30.0 Å². The molecule has 0 spiro atoms. The first-order valence-corrected chi connectivity index (χ1v) is 12.7. The van der Waals surface area contributed by atoms with Gasteiger partial charge in [-0.1, -0.05) is 48.5 Å². The Kier molecular flexibility index (Phi) is 7.75. The van der Waals surface area contributed by atoms with Crippen LogP contribution in [0.3, 0.4) is 0 Å². The maximum absolute atomic E-state index is 13.3. The summed E-state index contributed by atoms with van der Waals surface area (Å²) in [5.74, 6) is -1.86. The maximum Gasteiger partial charge on any atom is 0.228 e. The number of hydrogen-bond donors (Lipinski definition) is 2. The number of amides is 2. The Morgan fingerprint density at radius 3 is 2.05 bits per heavy atom. The molecule has 1 aliphatic heterocycles. The van der Waals surface area contributed by atoms with Gasteiger partial charge >= 0.3 is 0 Å². The van der Waals surface area contributed by atoms with Gasteiger partial charge in [0.2, 0.25) is 11.8 Å². The summed E-state index contributed by atoms with van der Waals surface area (Å²) in [6.45, 7) is 1.91. The topological polar surface area (TPSA) is 61.4 Å². The van der Waals surface area contributed by atoms with E-state index in [0.29, 0.717) is 31.7 Å². The van der Waals surface area contributed by atoms with Crippen molar-refractivity contribution in [1.29, 1.82) is 0 Å². The number of halogens is 2. The fourth-order valence-corrected chi connectivity index (χ4v) is 5.01. The molecule has 1 fully saturated rings. The fraction of sp³-hybridized carbons (Fsp3) is 0.226. The highest BCUT2D eigenvalue weighted by Gasteiger charge is 2.35. The minimum atomic E-state index is -0.421. The van der Waals surface area contributed by atoms with E-state index in [1.54, 1.807) is 12.1 Å². The van der Waals surface area contributed by atoms with Crippen LogP contribution in [0.5, 0.6) is 0 Å². The van der Waals surface area contributed by atoms with Gasteiger partial charge in [0.05, 0.1) is 11.8 Å². The zero-order valence-corrected chi connectivity index (χ0v) is 20.9. The van der Waals surface area contributed by atoms with Crippen LogP contribution in [-0.4, -0.2) is 29.8 Å².